The summed E-state index contributed by atoms with van der Waals surface area (Å²) in [4.78, 5) is 13.8. The molecule has 0 saturated carbocycles. The lowest BCUT2D eigenvalue weighted by molar-refractivity contribution is -0.0916. The molecule has 2 aromatic rings. The summed E-state index contributed by atoms with van der Waals surface area (Å²) in [5.41, 5.74) is 2.68. The topological polar surface area (TPSA) is 52.9 Å². The fourth-order valence-electron chi connectivity index (χ4n) is 4.36. The second kappa shape index (κ2) is 8.97. The molecule has 1 amide bonds. The number of carbonyl (C=O) groups is 1. The van der Waals surface area contributed by atoms with E-state index in [0.29, 0.717) is 32.3 Å². The smallest absolute Gasteiger partial charge is 0.409 e. The number of amides is 1. The predicted molar refractivity (Wildman–Crippen MR) is 108 cm³/mol. The molecule has 6 heteroatoms. The third-order valence-corrected chi connectivity index (χ3v) is 5.86. The average Bonchev–Trinajstić information content (AvgIpc) is 3.12. The number of aryl methyl sites for hydroxylation is 1. The van der Waals surface area contributed by atoms with Gasteiger partial charge in [-0.3, -0.25) is 0 Å². The van der Waals surface area contributed by atoms with Crippen molar-refractivity contribution in [1.82, 2.24) is 9.47 Å². The van der Waals surface area contributed by atoms with Crippen molar-refractivity contribution in [2.75, 3.05) is 39.5 Å². The molecule has 0 bridgehead atoms. The lowest BCUT2D eigenvalue weighted by atomic mass is 9.89. The molecule has 152 valence electrons. The van der Waals surface area contributed by atoms with Gasteiger partial charge in [-0.05, 0) is 43.7 Å². The molecule has 0 N–H and O–H groups in total. The van der Waals surface area contributed by atoms with Crippen molar-refractivity contribution >= 4 is 17.0 Å². The van der Waals surface area contributed by atoms with E-state index in [1.165, 1.54) is 16.5 Å². The fourth-order valence-corrected chi connectivity index (χ4v) is 4.36. The second-order valence-electron chi connectivity index (χ2n) is 7.61. The summed E-state index contributed by atoms with van der Waals surface area (Å²) in [6.45, 7) is 6.83. The van der Waals surface area contributed by atoms with E-state index in [9.17, 15) is 4.79 Å². The fraction of sp³-hybridized carbons (Fsp3) is 0.591. The van der Waals surface area contributed by atoms with E-state index in [1.807, 2.05) is 11.8 Å². The number of hydrogen-bond donors (Lipinski definition) is 0. The maximum atomic E-state index is 12.0. The van der Waals surface area contributed by atoms with Crippen LogP contribution in [0.15, 0.2) is 30.5 Å². The van der Waals surface area contributed by atoms with Crippen LogP contribution in [-0.4, -0.2) is 61.2 Å². The van der Waals surface area contributed by atoms with Gasteiger partial charge in [0.25, 0.3) is 0 Å². The summed E-state index contributed by atoms with van der Waals surface area (Å²) >= 11 is 0. The first-order valence-corrected chi connectivity index (χ1v) is 10.4. The van der Waals surface area contributed by atoms with Crippen LogP contribution in [0, 0.1) is 0 Å². The van der Waals surface area contributed by atoms with Crippen LogP contribution in [-0.2, 0) is 20.8 Å². The van der Waals surface area contributed by atoms with Gasteiger partial charge in [-0.25, -0.2) is 4.79 Å². The molecule has 1 aromatic carbocycles. The van der Waals surface area contributed by atoms with Gasteiger partial charge in [0.05, 0.1) is 32.5 Å². The van der Waals surface area contributed by atoms with Crippen molar-refractivity contribution in [3.05, 3.63) is 36.0 Å². The summed E-state index contributed by atoms with van der Waals surface area (Å²) in [5.74, 6) is 0.478. The number of benzene rings is 1. The first-order valence-electron chi connectivity index (χ1n) is 10.4. The van der Waals surface area contributed by atoms with E-state index in [0.717, 1.165) is 38.9 Å². The zero-order chi connectivity index (χ0) is 19.3. The highest BCUT2D eigenvalue weighted by molar-refractivity contribution is 5.84. The van der Waals surface area contributed by atoms with E-state index in [-0.39, 0.29) is 12.2 Å². The molecular formula is C22H30N2O4. The highest BCUT2D eigenvalue weighted by atomic mass is 16.6. The van der Waals surface area contributed by atoms with Gasteiger partial charge >= 0.3 is 6.09 Å². The molecule has 1 unspecified atom stereocenters. The number of nitrogens with zero attached hydrogens (tertiary/aromatic N) is 2. The zero-order valence-corrected chi connectivity index (χ0v) is 16.6. The van der Waals surface area contributed by atoms with E-state index in [2.05, 4.69) is 35.0 Å². The average molecular weight is 386 g/mol. The van der Waals surface area contributed by atoms with E-state index >= 15 is 0 Å². The number of rotatable bonds is 5. The highest BCUT2D eigenvalue weighted by Crippen LogP contribution is 2.34. The van der Waals surface area contributed by atoms with E-state index < -0.39 is 0 Å². The molecule has 4 rings (SSSR count). The van der Waals surface area contributed by atoms with Gasteiger partial charge in [-0.15, -0.1) is 0 Å². The standard InChI is InChI=1S/C22H30N2O4/c1-2-27-22(25)23-10-7-17(8-11-23)20-15-24(21-6-4-3-5-19(20)21)12-9-18-16-26-13-14-28-18/h3-6,15,17-18H,2,7-14,16H2,1H3. The third-order valence-electron chi connectivity index (χ3n) is 5.86. The molecule has 3 heterocycles. The number of piperidine rings is 1. The Morgan fingerprint density at radius 2 is 2.04 bits per heavy atom. The summed E-state index contributed by atoms with van der Waals surface area (Å²) in [5, 5.41) is 1.33. The van der Waals surface area contributed by atoms with Crippen LogP contribution in [0.4, 0.5) is 4.79 Å². The van der Waals surface area contributed by atoms with Crippen molar-refractivity contribution in [2.45, 2.75) is 44.8 Å². The number of ether oxygens (including phenoxy) is 3. The number of likely N-dealkylation sites (tertiary alicyclic amines) is 1. The minimum Gasteiger partial charge on any atom is -0.450 e. The first-order chi connectivity index (χ1) is 13.8. The minimum absolute atomic E-state index is 0.182. The molecule has 2 aliphatic rings. The van der Waals surface area contributed by atoms with Gasteiger partial charge in [0.1, 0.15) is 0 Å². The maximum absolute atomic E-state index is 12.0. The van der Waals surface area contributed by atoms with Gasteiger partial charge in [-0.2, -0.15) is 0 Å². The van der Waals surface area contributed by atoms with Crippen LogP contribution in [0.25, 0.3) is 10.9 Å². The van der Waals surface area contributed by atoms with Crippen LogP contribution < -0.4 is 0 Å². The summed E-state index contributed by atoms with van der Waals surface area (Å²) in [6.07, 6.45) is 5.24. The van der Waals surface area contributed by atoms with Crippen molar-refractivity contribution in [1.29, 1.82) is 0 Å². The molecule has 2 saturated heterocycles. The lowest BCUT2D eigenvalue weighted by Gasteiger charge is -2.31. The monoisotopic (exact) mass is 386 g/mol. The van der Waals surface area contributed by atoms with Gasteiger partial charge in [0, 0.05) is 36.7 Å². The number of carbonyl (C=O) groups excluding carboxylic acids is 1. The predicted octanol–water partition coefficient (Wildman–Crippen LogP) is 3.78. The van der Waals surface area contributed by atoms with Crippen LogP contribution >= 0.6 is 0 Å². The zero-order valence-electron chi connectivity index (χ0n) is 16.6. The lowest BCUT2D eigenvalue weighted by Crippen LogP contribution is -2.38. The van der Waals surface area contributed by atoms with Crippen LogP contribution in [0.3, 0.4) is 0 Å². The van der Waals surface area contributed by atoms with Crippen LogP contribution in [0.1, 0.15) is 37.7 Å². The summed E-state index contributed by atoms with van der Waals surface area (Å²) in [6, 6.07) is 8.64. The van der Waals surface area contributed by atoms with Gasteiger partial charge < -0.3 is 23.7 Å². The maximum Gasteiger partial charge on any atom is 0.409 e. The molecule has 1 aromatic heterocycles. The quantitative estimate of drug-likeness (QED) is 0.785. The molecule has 28 heavy (non-hydrogen) atoms. The molecule has 6 nitrogen and oxygen atoms in total. The Hall–Kier alpha value is -2.05. The molecule has 0 spiro atoms. The number of aromatic nitrogens is 1. The Balaban J connectivity index is 1.46. The normalized spacial score (nSPS) is 21.2. The van der Waals surface area contributed by atoms with Crippen molar-refractivity contribution in [3.63, 3.8) is 0 Å². The van der Waals surface area contributed by atoms with Gasteiger partial charge in [-0.1, -0.05) is 18.2 Å². The molecule has 0 aliphatic carbocycles. The molecule has 0 radical (unpaired) electrons. The Kier molecular flexibility index (Phi) is 6.17. The first kappa shape index (κ1) is 19.3. The number of fused-ring (bicyclic) bond motifs is 1. The van der Waals surface area contributed by atoms with E-state index in [4.69, 9.17) is 14.2 Å². The Morgan fingerprint density at radius 3 is 2.79 bits per heavy atom. The van der Waals surface area contributed by atoms with Crippen LogP contribution in [0.5, 0.6) is 0 Å². The highest BCUT2D eigenvalue weighted by Gasteiger charge is 2.27. The van der Waals surface area contributed by atoms with Crippen molar-refractivity contribution in [2.24, 2.45) is 0 Å². The Bertz CT molecular complexity index is 789. The van der Waals surface area contributed by atoms with Crippen molar-refractivity contribution < 1.29 is 19.0 Å². The third kappa shape index (κ3) is 4.18. The number of hydrogen-bond acceptors (Lipinski definition) is 4. The molecule has 1 atom stereocenters. The van der Waals surface area contributed by atoms with Crippen LogP contribution in [0.2, 0.25) is 0 Å². The van der Waals surface area contributed by atoms with Crippen molar-refractivity contribution in [3.8, 4) is 0 Å². The Morgan fingerprint density at radius 1 is 1.21 bits per heavy atom. The minimum atomic E-state index is -0.182. The largest absolute Gasteiger partial charge is 0.450 e. The summed E-state index contributed by atoms with van der Waals surface area (Å²) < 4.78 is 18.8. The Labute approximate surface area is 166 Å². The van der Waals surface area contributed by atoms with Gasteiger partial charge in [0.2, 0.25) is 0 Å². The van der Waals surface area contributed by atoms with E-state index in [1.54, 1.807) is 0 Å². The molecular weight excluding hydrogens is 356 g/mol. The summed E-state index contributed by atoms with van der Waals surface area (Å²) in [7, 11) is 0. The SMILES string of the molecule is CCOC(=O)N1CCC(c2cn(CCC3COCCO3)c3ccccc23)CC1. The second-order valence-corrected chi connectivity index (χ2v) is 7.61. The number of para-hydroxylation sites is 1. The van der Waals surface area contributed by atoms with Gasteiger partial charge in [0.15, 0.2) is 0 Å². The molecule has 2 fully saturated rings. The molecule has 2 aliphatic heterocycles.